The molecule has 6 heteroatoms. The Balaban J connectivity index is 2.68. The molecule has 0 saturated carbocycles. The highest BCUT2D eigenvalue weighted by Crippen LogP contribution is 2.23. The van der Waals surface area contributed by atoms with Crippen LogP contribution >= 0.6 is 0 Å². The number of amides is 1. The minimum Gasteiger partial charge on any atom is -0.464 e. The molecule has 0 spiro atoms. The lowest BCUT2D eigenvalue weighted by Gasteiger charge is -2.30. The molecule has 0 bridgehead atoms. The average molecular weight is 273 g/mol. The summed E-state index contributed by atoms with van der Waals surface area (Å²) in [6.45, 7) is 7.68. The maximum Gasteiger partial charge on any atom is 0.410 e. The molecule has 0 aromatic carbocycles. The van der Waals surface area contributed by atoms with Gasteiger partial charge in [-0.05, 0) is 40.5 Å². The number of hydrogen-bond donors (Lipinski definition) is 1. The van der Waals surface area contributed by atoms with Crippen molar-refractivity contribution in [2.45, 2.75) is 58.3 Å². The van der Waals surface area contributed by atoms with E-state index in [1.807, 2.05) is 0 Å². The summed E-state index contributed by atoms with van der Waals surface area (Å²) >= 11 is 0. The molecule has 0 aromatic rings. The summed E-state index contributed by atoms with van der Waals surface area (Å²) in [4.78, 5) is 24.9. The Labute approximate surface area is 113 Å². The minimum atomic E-state index is -1.31. The van der Waals surface area contributed by atoms with E-state index in [4.69, 9.17) is 9.47 Å². The molecule has 1 aliphatic heterocycles. The maximum atomic E-state index is 12.0. The van der Waals surface area contributed by atoms with Crippen molar-refractivity contribution in [2.24, 2.45) is 0 Å². The second kappa shape index (κ2) is 6.23. The van der Waals surface area contributed by atoms with Crippen molar-refractivity contribution in [1.82, 2.24) is 4.90 Å². The summed E-state index contributed by atoms with van der Waals surface area (Å²) in [6.07, 6.45) is -0.507. The molecule has 2 unspecified atom stereocenters. The number of carbonyl (C=O) groups excluding carboxylic acids is 2. The van der Waals surface area contributed by atoms with Crippen LogP contribution in [0.1, 0.15) is 40.5 Å². The van der Waals surface area contributed by atoms with Gasteiger partial charge in [-0.25, -0.2) is 9.59 Å². The quantitative estimate of drug-likeness (QED) is 0.785. The van der Waals surface area contributed by atoms with Crippen LogP contribution in [0.25, 0.3) is 0 Å². The van der Waals surface area contributed by atoms with Crippen LogP contribution in [-0.4, -0.2) is 53.0 Å². The van der Waals surface area contributed by atoms with E-state index in [9.17, 15) is 14.7 Å². The lowest BCUT2D eigenvalue weighted by atomic mass is 10.1. The SMILES string of the molecule is CCOC(=O)C(O)C1CCCN1C(=O)OC(C)(C)C. The summed E-state index contributed by atoms with van der Waals surface area (Å²) in [7, 11) is 0. The van der Waals surface area contributed by atoms with Crippen LogP contribution in [0, 0.1) is 0 Å². The molecule has 1 amide bonds. The molecule has 6 nitrogen and oxygen atoms in total. The number of esters is 1. The molecule has 110 valence electrons. The fraction of sp³-hybridized carbons (Fsp3) is 0.846. The molecule has 19 heavy (non-hydrogen) atoms. The van der Waals surface area contributed by atoms with Gasteiger partial charge in [0.2, 0.25) is 0 Å². The van der Waals surface area contributed by atoms with Crippen molar-refractivity contribution < 1.29 is 24.2 Å². The monoisotopic (exact) mass is 273 g/mol. The van der Waals surface area contributed by atoms with Crippen LogP contribution in [0.2, 0.25) is 0 Å². The Morgan fingerprint density at radius 2 is 2.05 bits per heavy atom. The Kier molecular flexibility index (Phi) is 5.17. The molecule has 1 aliphatic rings. The van der Waals surface area contributed by atoms with Gasteiger partial charge in [0.15, 0.2) is 6.10 Å². The van der Waals surface area contributed by atoms with Crippen LogP contribution in [0.15, 0.2) is 0 Å². The van der Waals surface area contributed by atoms with E-state index in [1.165, 1.54) is 4.90 Å². The van der Waals surface area contributed by atoms with Crippen molar-refractivity contribution in [3.05, 3.63) is 0 Å². The molecule has 0 aliphatic carbocycles. The smallest absolute Gasteiger partial charge is 0.410 e. The van der Waals surface area contributed by atoms with Crippen LogP contribution in [-0.2, 0) is 14.3 Å². The van der Waals surface area contributed by atoms with Crippen LogP contribution in [0.5, 0.6) is 0 Å². The van der Waals surface area contributed by atoms with Gasteiger partial charge >= 0.3 is 12.1 Å². The van der Waals surface area contributed by atoms with Gasteiger partial charge in [-0.2, -0.15) is 0 Å². The van der Waals surface area contributed by atoms with Crippen molar-refractivity contribution >= 4 is 12.1 Å². The van der Waals surface area contributed by atoms with Crippen molar-refractivity contribution in [1.29, 1.82) is 0 Å². The number of carbonyl (C=O) groups is 2. The molecule has 0 aromatic heterocycles. The van der Waals surface area contributed by atoms with E-state index >= 15 is 0 Å². The zero-order valence-corrected chi connectivity index (χ0v) is 12.0. The second-order valence-corrected chi connectivity index (χ2v) is 5.58. The average Bonchev–Trinajstić information content (AvgIpc) is 2.74. The van der Waals surface area contributed by atoms with Crippen LogP contribution in [0.4, 0.5) is 4.79 Å². The largest absolute Gasteiger partial charge is 0.464 e. The predicted octanol–water partition coefficient (Wildman–Crippen LogP) is 1.31. The van der Waals surface area contributed by atoms with Gasteiger partial charge in [-0.15, -0.1) is 0 Å². The zero-order valence-electron chi connectivity index (χ0n) is 12.0. The number of nitrogens with zero attached hydrogens (tertiary/aromatic N) is 1. The van der Waals surface area contributed by atoms with Gasteiger partial charge in [0, 0.05) is 6.54 Å². The Bertz CT molecular complexity index is 336. The first kappa shape index (κ1) is 15.8. The lowest BCUT2D eigenvalue weighted by Crippen LogP contribution is -2.48. The number of aliphatic hydroxyl groups is 1. The third-order valence-electron chi connectivity index (χ3n) is 2.82. The first-order chi connectivity index (χ1) is 8.76. The fourth-order valence-corrected chi connectivity index (χ4v) is 2.05. The van der Waals surface area contributed by atoms with E-state index in [2.05, 4.69) is 0 Å². The Hall–Kier alpha value is -1.30. The highest BCUT2D eigenvalue weighted by atomic mass is 16.6. The molecule has 1 rings (SSSR count). The van der Waals surface area contributed by atoms with Crippen molar-refractivity contribution in [2.75, 3.05) is 13.2 Å². The molecular weight excluding hydrogens is 250 g/mol. The topological polar surface area (TPSA) is 76.1 Å². The van der Waals surface area contributed by atoms with Crippen molar-refractivity contribution in [3.63, 3.8) is 0 Å². The molecule has 1 heterocycles. The number of rotatable bonds is 3. The molecule has 1 N–H and O–H groups in total. The van der Waals surface area contributed by atoms with E-state index in [1.54, 1.807) is 27.7 Å². The second-order valence-electron chi connectivity index (χ2n) is 5.58. The molecule has 1 saturated heterocycles. The molecule has 2 atom stereocenters. The highest BCUT2D eigenvalue weighted by Gasteiger charge is 2.39. The third-order valence-corrected chi connectivity index (χ3v) is 2.82. The lowest BCUT2D eigenvalue weighted by molar-refractivity contribution is -0.156. The normalized spacial score (nSPS) is 21.1. The molecule has 0 radical (unpaired) electrons. The number of likely N-dealkylation sites (tertiary alicyclic amines) is 1. The van der Waals surface area contributed by atoms with E-state index in [-0.39, 0.29) is 6.61 Å². The van der Waals surface area contributed by atoms with Crippen molar-refractivity contribution in [3.8, 4) is 0 Å². The van der Waals surface area contributed by atoms with Gasteiger partial charge in [0.25, 0.3) is 0 Å². The summed E-state index contributed by atoms with van der Waals surface area (Å²) in [5, 5.41) is 9.94. The van der Waals surface area contributed by atoms with E-state index in [0.717, 1.165) is 6.42 Å². The summed E-state index contributed by atoms with van der Waals surface area (Å²) in [5.74, 6) is -0.692. The zero-order chi connectivity index (χ0) is 14.6. The first-order valence-electron chi connectivity index (χ1n) is 6.60. The standard InChI is InChI=1S/C13H23NO5/c1-5-18-11(16)10(15)9-7-6-8-14(9)12(17)19-13(2,3)4/h9-10,15H,5-8H2,1-4H3. The third kappa shape index (κ3) is 4.38. The minimum absolute atomic E-state index is 0.203. The summed E-state index contributed by atoms with van der Waals surface area (Å²) in [5.41, 5.74) is -0.598. The van der Waals surface area contributed by atoms with Gasteiger partial charge < -0.3 is 19.5 Å². The van der Waals surface area contributed by atoms with Gasteiger partial charge in [0.05, 0.1) is 12.6 Å². The highest BCUT2D eigenvalue weighted by molar-refractivity contribution is 5.77. The predicted molar refractivity (Wildman–Crippen MR) is 68.6 cm³/mol. The van der Waals surface area contributed by atoms with E-state index in [0.29, 0.717) is 13.0 Å². The van der Waals surface area contributed by atoms with Crippen LogP contribution < -0.4 is 0 Å². The molecular formula is C13H23NO5. The van der Waals surface area contributed by atoms with Gasteiger partial charge in [-0.1, -0.05) is 0 Å². The van der Waals surface area contributed by atoms with E-state index < -0.39 is 29.8 Å². The number of ether oxygens (including phenoxy) is 2. The maximum absolute atomic E-state index is 12.0. The first-order valence-corrected chi connectivity index (χ1v) is 6.60. The number of aliphatic hydroxyl groups excluding tert-OH is 1. The van der Waals surface area contributed by atoms with Gasteiger partial charge in [0.1, 0.15) is 5.60 Å². The Morgan fingerprint density at radius 1 is 1.42 bits per heavy atom. The Morgan fingerprint density at radius 3 is 2.58 bits per heavy atom. The van der Waals surface area contributed by atoms with Gasteiger partial charge in [-0.3, -0.25) is 0 Å². The fourth-order valence-electron chi connectivity index (χ4n) is 2.05. The molecule has 1 fully saturated rings. The number of hydrogen-bond acceptors (Lipinski definition) is 5. The van der Waals surface area contributed by atoms with Crippen LogP contribution in [0.3, 0.4) is 0 Å². The summed E-state index contributed by atoms with van der Waals surface area (Å²) in [6, 6.07) is -0.561. The summed E-state index contributed by atoms with van der Waals surface area (Å²) < 4.78 is 10.0.